The van der Waals surface area contributed by atoms with E-state index in [1.54, 1.807) is 0 Å². The van der Waals surface area contributed by atoms with Gasteiger partial charge in [0.05, 0.1) is 0 Å². The zero-order valence-corrected chi connectivity index (χ0v) is 14.4. The fourth-order valence-electron chi connectivity index (χ4n) is 3.53. The molecule has 1 aromatic carbocycles. The summed E-state index contributed by atoms with van der Waals surface area (Å²) in [6.45, 7) is 1.26. The molecule has 2 aliphatic carbocycles. The minimum Gasteiger partial charge on any atom is -0.314 e. The fraction of sp³-hybridized carbons (Fsp3) is 0.667. The van der Waals surface area contributed by atoms with Gasteiger partial charge in [0, 0.05) is 9.61 Å². The molecule has 2 aliphatic rings. The zero-order chi connectivity index (χ0) is 13.8. The summed E-state index contributed by atoms with van der Waals surface area (Å²) in [5.41, 5.74) is 1.54. The highest BCUT2D eigenvalue weighted by molar-refractivity contribution is 14.1. The molecule has 2 heteroatoms. The summed E-state index contributed by atoms with van der Waals surface area (Å²) < 4.78 is 1.35. The zero-order valence-electron chi connectivity index (χ0n) is 12.3. The molecular formula is C18H26IN. The Morgan fingerprint density at radius 2 is 1.60 bits per heavy atom. The Labute approximate surface area is 137 Å². The van der Waals surface area contributed by atoms with E-state index in [0.29, 0.717) is 0 Å². The normalized spacial score (nSPS) is 27.2. The monoisotopic (exact) mass is 383 g/mol. The number of benzene rings is 1. The minimum absolute atomic E-state index is 0.859. The predicted octanol–water partition coefficient (Wildman–Crippen LogP) is 4.78. The summed E-state index contributed by atoms with van der Waals surface area (Å²) in [6.07, 6.45) is 11.3. The average molecular weight is 383 g/mol. The lowest BCUT2D eigenvalue weighted by molar-refractivity contribution is 0.297. The molecule has 0 radical (unpaired) electrons. The van der Waals surface area contributed by atoms with Gasteiger partial charge in [0.25, 0.3) is 0 Å². The maximum Gasteiger partial charge on any atom is 0.0130 e. The van der Waals surface area contributed by atoms with E-state index in [-0.39, 0.29) is 0 Å². The molecule has 20 heavy (non-hydrogen) atoms. The van der Waals surface area contributed by atoms with Crippen LogP contribution in [0.25, 0.3) is 0 Å². The van der Waals surface area contributed by atoms with Crippen LogP contribution in [0.2, 0.25) is 0 Å². The first-order valence-electron chi connectivity index (χ1n) is 8.29. The van der Waals surface area contributed by atoms with Crippen LogP contribution in [0.5, 0.6) is 0 Å². The van der Waals surface area contributed by atoms with Crippen LogP contribution in [-0.2, 0) is 6.42 Å². The van der Waals surface area contributed by atoms with Gasteiger partial charge < -0.3 is 5.32 Å². The Bertz CT molecular complexity index is 410. The molecule has 0 saturated heterocycles. The first-order chi connectivity index (χ1) is 9.81. The van der Waals surface area contributed by atoms with Gasteiger partial charge in [-0.25, -0.2) is 0 Å². The van der Waals surface area contributed by atoms with E-state index in [0.717, 1.165) is 17.9 Å². The number of rotatable bonds is 5. The second-order valence-electron chi connectivity index (χ2n) is 6.67. The van der Waals surface area contributed by atoms with E-state index >= 15 is 0 Å². The lowest BCUT2D eigenvalue weighted by Gasteiger charge is -2.26. The van der Waals surface area contributed by atoms with Crippen LogP contribution < -0.4 is 5.32 Å². The third-order valence-electron chi connectivity index (χ3n) is 4.97. The van der Waals surface area contributed by atoms with Crippen molar-refractivity contribution in [2.24, 2.45) is 11.8 Å². The second kappa shape index (κ2) is 7.26. The molecule has 1 nitrogen and oxygen atoms in total. The Morgan fingerprint density at radius 3 is 2.30 bits per heavy atom. The van der Waals surface area contributed by atoms with E-state index in [1.165, 1.54) is 67.0 Å². The van der Waals surface area contributed by atoms with Crippen LogP contribution in [0, 0.1) is 15.4 Å². The van der Waals surface area contributed by atoms with Crippen molar-refractivity contribution in [3.8, 4) is 0 Å². The summed E-state index contributed by atoms with van der Waals surface area (Å²) in [6, 6.07) is 10.0. The van der Waals surface area contributed by atoms with E-state index in [2.05, 4.69) is 52.2 Å². The van der Waals surface area contributed by atoms with Gasteiger partial charge in [0.2, 0.25) is 0 Å². The average Bonchev–Trinajstić information content (AvgIpc) is 3.27. The number of nitrogens with one attached hydrogen (secondary N) is 1. The fourth-order valence-corrected chi connectivity index (χ4v) is 3.89. The molecule has 1 aromatic rings. The summed E-state index contributed by atoms with van der Waals surface area (Å²) >= 11 is 2.40. The van der Waals surface area contributed by atoms with Gasteiger partial charge in [-0.15, -0.1) is 0 Å². The van der Waals surface area contributed by atoms with Crippen LogP contribution in [-0.4, -0.2) is 12.6 Å². The second-order valence-corrected chi connectivity index (χ2v) is 7.92. The standard InChI is InChI=1S/C18H26IN/c19-17-8-6-14(7-9-17)12-15-4-2-1-3-5-16(15)13-20-18-10-11-18/h6-9,15-16,18,20H,1-5,10-13H2. The first-order valence-corrected chi connectivity index (χ1v) is 9.37. The highest BCUT2D eigenvalue weighted by Gasteiger charge is 2.27. The van der Waals surface area contributed by atoms with Gasteiger partial charge >= 0.3 is 0 Å². The van der Waals surface area contributed by atoms with Crippen molar-refractivity contribution >= 4 is 22.6 Å². The molecule has 2 unspecified atom stereocenters. The smallest absolute Gasteiger partial charge is 0.0130 e. The van der Waals surface area contributed by atoms with Gasteiger partial charge in [0.1, 0.15) is 0 Å². The number of hydrogen-bond acceptors (Lipinski definition) is 1. The summed E-state index contributed by atoms with van der Waals surface area (Å²) in [5, 5.41) is 3.78. The molecule has 0 bridgehead atoms. The predicted molar refractivity (Wildman–Crippen MR) is 94.0 cm³/mol. The Morgan fingerprint density at radius 1 is 0.900 bits per heavy atom. The van der Waals surface area contributed by atoms with Crippen LogP contribution >= 0.6 is 22.6 Å². The summed E-state index contributed by atoms with van der Waals surface area (Å²) in [4.78, 5) is 0. The van der Waals surface area contributed by atoms with Crippen molar-refractivity contribution in [2.75, 3.05) is 6.54 Å². The Kier molecular flexibility index (Phi) is 5.38. The molecule has 110 valence electrons. The minimum atomic E-state index is 0.859. The number of hydrogen-bond donors (Lipinski definition) is 1. The van der Waals surface area contributed by atoms with Crippen molar-refractivity contribution in [1.29, 1.82) is 0 Å². The molecule has 3 rings (SSSR count). The maximum atomic E-state index is 3.78. The van der Waals surface area contributed by atoms with Gasteiger partial charge in [-0.1, -0.05) is 31.4 Å². The van der Waals surface area contributed by atoms with Crippen molar-refractivity contribution in [3.05, 3.63) is 33.4 Å². The van der Waals surface area contributed by atoms with Crippen LogP contribution in [0.4, 0.5) is 0 Å². The molecule has 0 spiro atoms. The molecular weight excluding hydrogens is 357 g/mol. The molecule has 2 saturated carbocycles. The molecule has 2 fully saturated rings. The van der Waals surface area contributed by atoms with E-state index < -0.39 is 0 Å². The maximum absolute atomic E-state index is 3.78. The van der Waals surface area contributed by atoms with Crippen LogP contribution in [0.15, 0.2) is 24.3 Å². The molecule has 2 atom stereocenters. The first kappa shape index (κ1) is 14.8. The molecule has 0 amide bonds. The van der Waals surface area contributed by atoms with E-state index in [9.17, 15) is 0 Å². The highest BCUT2D eigenvalue weighted by Crippen LogP contribution is 2.32. The quantitative estimate of drug-likeness (QED) is 0.570. The van der Waals surface area contributed by atoms with Gasteiger partial charge in [0.15, 0.2) is 0 Å². The van der Waals surface area contributed by atoms with Gasteiger partial charge in [-0.05, 0) is 90.8 Å². The molecule has 0 aliphatic heterocycles. The van der Waals surface area contributed by atoms with Crippen molar-refractivity contribution < 1.29 is 0 Å². The topological polar surface area (TPSA) is 12.0 Å². The summed E-state index contributed by atoms with van der Waals surface area (Å²) in [5.74, 6) is 1.79. The highest BCUT2D eigenvalue weighted by atomic mass is 127. The molecule has 0 heterocycles. The lowest BCUT2D eigenvalue weighted by atomic mass is 9.83. The molecule has 1 N–H and O–H groups in total. The van der Waals surface area contributed by atoms with Gasteiger partial charge in [-0.2, -0.15) is 0 Å². The van der Waals surface area contributed by atoms with Gasteiger partial charge in [-0.3, -0.25) is 0 Å². The SMILES string of the molecule is Ic1ccc(CC2CCCCCC2CNC2CC2)cc1. The molecule has 0 aromatic heterocycles. The van der Waals surface area contributed by atoms with E-state index in [1.807, 2.05) is 0 Å². The Hall–Kier alpha value is -0.0900. The van der Waals surface area contributed by atoms with Crippen LogP contribution in [0.3, 0.4) is 0 Å². The van der Waals surface area contributed by atoms with E-state index in [4.69, 9.17) is 0 Å². The van der Waals surface area contributed by atoms with Crippen molar-refractivity contribution in [2.45, 2.75) is 57.4 Å². The Balaban J connectivity index is 1.60. The van der Waals surface area contributed by atoms with Crippen molar-refractivity contribution in [1.82, 2.24) is 5.32 Å². The number of halogens is 1. The van der Waals surface area contributed by atoms with Crippen LogP contribution in [0.1, 0.15) is 50.5 Å². The summed E-state index contributed by atoms with van der Waals surface area (Å²) in [7, 11) is 0. The third-order valence-corrected chi connectivity index (χ3v) is 5.69. The largest absolute Gasteiger partial charge is 0.314 e. The van der Waals surface area contributed by atoms with Crippen molar-refractivity contribution in [3.63, 3.8) is 0 Å². The third kappa shape index (κ3) is 4.45. The lowest BCUT2D eigenvalue weighted by Crippen LogP contribution is -2.30.